The lowest BCUT2D eigenvalue weighted by molar-refractivity contribution is -0.197. The predicted octanol–water partition coefficient (Wildman–Crippen LogP) is 0.859. The summed E-state index contributed by atoms with van der Waals surface area (Å²) in [5, 5.41) is 9.94. The highest BCUT2D eigenvalue weighted by Gasteiger charge is 2.42. The topological polar surface area (TPSA) is 60.5 Å². The summed E-state index contributed by atoms with van der Waals surface area (Å²) >= 11 is 0. The van der Waals surface area contributed by atoms with Gasteiger partial charge in [0.2, 0.25) is 0 Å². The standard InChI is InChI=1S/C14H22O5/c1-14(2)7-17-13(18-8-14)4-3-10-9(15)5-11(19-10)12-6-16-12/h3-4,9-13,15H,5-8H2,1-2H3/b4-3+/t9-,10+,11+,12-/m1/s1. The minimum Gasteiger partial charge on any atom is -0.390 e. The van der Waals surface area contributed by atoms with Gasteiger partial charge in [0.15, 0.2) is 6.29 Å². The fraction of sp³-hybridized carbons (Fsp3) is 0.857. The molecule has 0 aliphatic carbocycles. The van der Waals surface area contributed by atoms with Crippen molar-refractivity contribution in [1.82, 2.24) is 0 Å². The van der Waals surface area contributed by atoms with Crippen LogP contribution >= 0.6 is 0 Å². The van der Waals surface area contributed by atoms with E-state index in [1.54, 1.807) is 0 Å². The highest BCUT2D eigenvalue weighted by Crippen LogP contribution is 2.30. The molecule has 0 saturated carbocycles. The summed E-state index contributed by atoms with van der Waals surface area (Å²) < 4.78 is 22.2. The molecule has 1 N–H and O–H groups in total. The van der Waals surface area contributed by atoms with E-state index in [-0.39, 0.29) is 30.0 Å². The highest BCUT2D eigenvalue weighted by atomic mass is 16.7. The third-order valence-corrected chi connectivity index (χ3v) is 3.69. The summed E-state index contributed by atoms with van der Waals surface area (Å²) in [6.45, 7) is 6.31. The van der Waals surface area contributed by atoms with Crippen LogP contribution in [0, 0.1) is 5.41 Å². The van der Waals surface area contributed by atoms with Crippen molar-refractivity contribution < 1.29 is 24.1 Å². The Morgan fingerprint density at radius 1 is 1.05 bits per heavy atom. The molecule has 0 aromatic carbocycles. The zero-order valence-electron chi connectivity index (χ0n) is 11.5. The first-order chi connectivity index (χ1) is 9.03. The lowest BCUT2D eigenvalue weighted by Gasteiger charge is -2.33. The molecule has 3 rings (SSSR count). The van der Waals surface area contributed by atoms with Crippen molar-refractivity contribution in [2.45, 2.75) is 51.0 Å². The molecule has 5 heteroatoms. The van der Waals surface area contributed by atoms with Crippen LogP contribution in [-0.4, -0.2) is 55.6 Å². The van der Waals surface area contributed by atoms with Gasteiger partial charge in [-0.15, -0.1) is 0 Å². The van der Waals surface area contributed by atoms with E-state index in [0.29, 0.717) is 19.6 Å². The molecular weight excluding hydrogens is 248 g/mol. The average molecular weight is 270 g/mol. The smallest absolute Gasteiger partial charge is 0.176 e. The second kappa shape index (κ2) is 5.14. The monoisotopic (exact) mass is 270 g/mol. The average Bonchev–Trinajstić information content (AvgIpc) is 3.13. The molecule has 0 aromatic rings. The van der Waals surface area contributed by atoms with E-state index in [2.05, 4.69) is 13.8 Å². The summed E-state index contributed by atoms with van der Waals surface area (Å²) in [5.41, 5.74) is 0.0715. The van der Waals surface area contributed by atoms with Gasteiger partial charge in [-0.3, -0.25) is 0 Å². The molecule has 0 amide bonds. The van der Waals surface area contributed by atoms with Crippen molar-refractivity contribution in [3.63, 3.8) is 0 Å². The van der Waals surface area contributed by atoms with Gasteiger partial charge in [0.05, 0.1) is 32.0 Å². The lowest BCUT2D eigenvalue weighted by atomic mass is 9.96. The molecule has 0 spiro atoms. The Balaban J connectivity index is 1.49. The van der Waals surface area contributed by atoms with E-state index in [9.17, 15) is 5.11 Å². The maximum absolute atomic E-state index is 9.94. The predicted molar refractivity (Wildman–Crippen MR) is 67.6 cm³/mol. The summed E-state index contributed by atoms with van der Waals surface area (Å²) in [6, 6.07) is 0. The van der Waals surface area contributed by atoms with E-state index in [1.165, 1.54) is 0 Å². The summed E-state index contributed by atoms with van der Waals surface area (Å²) in [5.74, 6) is 0. The molecule has 3 saturated heterocycles. The van der Waals surface area contributed by atoms with Gasteiger partial charge in [-0.2, -0.15) is 0 Å². The van der Waals surface area contributed by atoms with Crippen molar-refractivity contribution in [3.8, 4) is 0 Å². The maximum Gasteiger partial charge on any atom is 0.176 e. The molecule has 0 aromatic heterocycles. The molecule has 0 radical (unpaired) electrons. The molecule has 3 fully saturated rings. The molecule has 108 valence electrons. The minimum atomic E-state index is -0.467. The second-order valence-electron chi connectivity index (χ2n) is 6.35. The number of aliphatic hydroxyl groups is 1. The van der Waals surface area contributed by atoms with Crippen LogP contribution in [0.2, 0.25) is 0 Å². The first-order valence-corrected chi connectivity index (χ1v) is 6.90. The van der Waals surface area contributed by atoms with E-state index in [1.807, 2.05) is 12.2 Å². The quantitative estimate of drug-likeness (QED) is 0.609. The Morgan fingerprint density at radius 3 is 2.37 bits per heavy atom. The summed E-state index contributed by atoms with van der Waals surface area (Å²) in [7, 11) is 0. The van der Waals surface area contributed by atoms with Gasteiger partial charge in [-0.05, 0) is 6.08 Å². The molecule has 5 nitrogen and oxygen atoms in total. The SMILES string of the molecule is CC1(C)COC(/C=C/[C@@H]2O[C@H]([C@H]3CO3)C[C@H]2O)OC1. The van der Waals surface area contributed by atoms with Gasteiger partial charge in [-0.25, -0.2) is 0 Å². The number of aliphatic hydroxyl groups excluding tert-OH is 1. The molecule has 4 atom stereocenters. The van der Waals surface area contributed by atoms with Crippen LogP contribution in [0.4, 0.5) is 0 Å². The number of hydrogen-bond acceptors (Lipinski definition) is 5. The molecule has 3 aliphatic heterocycles. The van der Waals surface area contributed by atoms with Crippen molar-refractivity contribution in [1.29, 1.82) is 0 Å². The molecule has 0 bridgehead atoms. The van der Waals surface area contributed by atoms with Crippen LogP contribution in [0.15, 0.2) is 12.2 Å². The number of ether oxygens (including phenoxy) is 4. The molecule has 3 aliphatic rings. The maximum atomic E-state index is 9.94. The van der Waals surface area contributed by atoms with Crippen molar-refractivity contribution >= 4 is 0 Å². The van der Waals surface area contributed by atoms with Crippen molar-refractivity contribution in [2.24, 2.45) is 5.41 Å². The molecular formula is C14H22O5. The largest absolute Gasteiger partial charge is 0.390 e. The van der Waals surface area contributed by atoms with Crippen LogP contribution in [0.1, 0.15) is 20.3 Å². The van der Waals surface area contributed by atoms with E-state index < -0.39 is 6.10 Å². The van der Waals surface area contributed by atoms with Gasteiger partial charge in [0.1, 0.15) is 12.2 Å². The Hall–Kier alpha value is -0.460. The van der Waals surface area contributed by atoms with Gasteiger partial charge in [0, 0.05) is 11.8 Å². The number of hydrogen-bond donors (Lipinski definition) is 1. The van der Waals surface area contributed by atoms with Crippen molar-refractivity contribution in [2.75, 3.05) is 19.8 Å². The Kier molecular flexibility index (Phi) is 3.66. The Morgan fingerprint density at radius 2 is 1.74 bits per heavy atom. The minimum absolute atomic E-state index is 0.0248. The van der Waals surface area contributed by atoms with Crippen LogP contribution < -0.4 is 0 Å². The third-order valence-electron chi connectivity index (χ3n) is 3.69. The fourth-order valence-corrected chi connectivity index (χ4v) is 2.42. The van der Waals surface area contributed by atoms with Crippen LogP contribution in [0.5, 0.6) is 0 Å². The lowest BCUT2D eigenvalue weighted by Crippen LogP contribution is -2.37. The normalized spacial score (nSPS) is 42.9. The zero-order chi connectivity index (χ0) is 13.5. The molecule has 0 unspecified atom stereocenters. The number of rotatable bonds is 3. The first-order valence-electron chi connectivity index (χ1n) is 6.90. The molecule has 3 heterocycles. The van der Waals surface area contributed by atoms with E-state index in [4.69, 9.17) is 18.9 Å². The molecule has 19 heavy (non-hydrogen) atoms. The first kappa shape index (κ1) is 13.5. The zero-order valence-corrected chi connectivity index (χ0v) is 11.5. The van der Waals surface area contributed by atoms with E-state index in [0.717, 1.165) is 6.61 Å². The Bertz CT molecular complexity index is 340. The van der Waals surface area contributed by atoms with Crippen molar-refractivity contribution in [3.05, 3.63) is 12.2 Å². The highest BCUT2D eigenvalue weighted by molar-refractivity contribution is 5.02. The number of epoxide rings is 1. The third kappa shape index (κ3) is 3.35. The van der Waals surface area contributed by atoms with E-state index >= 15 is 0 Å². The second-order valence-corrected chi connectivity index (χ2v) is 6.35. The van der Waals surface area contributed by atoms with Gasteiger partial charge in [0.25, 0.3) is 0 Å². The van der Waals surface area contributed by atoms with Gasteiger partial charge < -0.3 is 24.1 Å². The van der Waals surface area contributed by atoms with Crippen LogP contribution in [0.3, 0.4) is 0 Å². The fourth-order valence-electron chi connectivity index (χ4n) is 2.42. The van der Waals surface area contributed by atoms with Gasteiger partial charge in [-0.1, -0.05) is 19.9 Å². The van der Waals surface area contributed by atoms with Gasteiger partial charge >= 0.3 is 0 Å². The Labute approximate surface area is 113 Å². The van der Waals surface area contributed by atoms with Crippen LogP contribution in [0.25, 0.3) is 0 Å². The summed E-state index contributed by atoms with van der Waals surface area (Å²) in [4.78, 5) is 0. The summed E-state index contributed by atoms with van der Waals surface area (Å²) in [6.07, 6.45) is 3.43. The van der Waals surface area contributed by atoms with Crippen LogP contribution in [-0.2, 0) is 18.9 Å².